The van der Waals surface area contributed by atoms with Gasteiger partial charge in [0.25, 0.3) is 0 Å². The molecule has 0 aliphatic rings. The maximum Gasteiger partial charge on any atom is 0.108 e. The van der Waals surface area contributed by atoms with E-state index in [0.29, 0.717) is 6.61 Å². The zero-order valence-corrected chi connectivity index (χ0v) is 15.2. The van der Waals surface area contributed by atoms with E-state index in [4.69, 9.17) is 4.74 Å². The highest BCUT2D eigenvalue weighted by atomic mass is 79.9. The summed E-state index contributed by atoms with van der Waals surface area (Å²) < 4.78 is 7.23. The molecule has 1 unspecified atom stereocenters. The molecule has 0 N–H and O–H groups in total. The molecular weight excluding hydrogens is 394 g/mol. The van der Waals surface area contributed by atoms with Gasteiger partial charge in [-0.2, -0.15) is 0 Å². The van der Waals surface area contributed by atoms with Gasteiger partial charge in [0.1, 0.15) is 6.10 Å². The van der Waals surface area contributed by atoms with Crippen molar-refractivity contribution in [3.63, 3.8) is 0 Å². The molecule has 0 fully saturated rings. The normalized spacial score (nSPS) is 12.6. The topological polar surface area (TPSA) is 12.5 Å². The smallest absolute Gasteiger partial charge is 0.108 e. The van der Waals surface area contributed by atoms with Gasteiger partial charge in [-0.1, -0.05) is 74.3 Å². The third-order valence-corrected chi connectivity index (χ3v) is 4.62. The number of ether oxygens (including phenoxy) is 1. The van der Waals surface area contributed by atoms with Crippen molar-refractivity contribution >= 4 is 31.9 Å². The van der Waals surface area contributed by atoms with Gasteiger partial charge in [0.15, 0.2) is 0 Å². The van der Waals surface area contributed by atoms with Crippen LogP contribution in [0, 0.1) is 0 Å². The first-order valence-electron chi connectivity index (χ1n) is 6.87. The van der Waals surface area contributed by atoms with Crippen LogP contribution in [0.5, 0.6) is 0 Å². The maximum atomic E-state index is 6.15. The van der Waals surface area contributed by atoms with Gasteiger partial charge in [0.2, 0.25) is 0 Å². The summed E-state index contributed by atoms with van der Waals surface area (Å²) in [5, 5.41) is 0. The molecule has 0 aliphatic heterocycles. The number of nitrogens with zero attached hydrogens (tertiary/aromatic N) is 1. The summed E-state index contributed by atoms with van der Waals surface area (Å²) in [5.74, 6) is 0. The van der Waals surface area contributed by atoms with Crippen LogP contribution in [-0.4, -0.2) is 30.6 Å². The first-order valence-corrected chi connectivity index (χ1v) is 8.78. The molecule has 2 nitrogen and oxygen atoms in total. The van der Waals surface area contributed by atoms with E-state index in [1.54, 1.807) is 0 Å². The molecule has 21 heavy (non-hydrogen) atoms. The standard InChI is InChI=1S/C17H19Br2NO/c1-20(13-18)11-12-21-17(14-5-3-2-4-6-14)15-7-9-16(19)10-8-15/h2-10,17H,11-13H2,1H3. The van der Waals surface area contributed by atoms with E-state index in [-0.39, 0.29) is 6.10 Å². The van der Waals surface area contributed by atoms with Gasteiger partial charge in [0.05, 0.1) is 12.1 Å². The molecule has 112 valence electrons. The SMILES string of the molecule is CN(CBr)CCOC(c1ccccc1)c1ccc(Br)cc1. The minimum atomic E-state index is -0.0250. The zero-order valence-electron chi connectivity index (χ0n) is 12.0. The molecule has 2 aromatic carbocycles. The lowest BCUT2D eigenvalue weighted by molar-refractivity contribution is 0.0680. The van der Waals surface area contributed by atoms with Gasteiger partial charge >= 0.3 is 0 Å². The van der Waals surface area contributed by atoms with Gasteiger partial charge in [-0.3, -0.25) is 4.90 Å². The Kier molecular flexibility index (Phi) is 6.90. The highest BCUT2D eigenvalue weighted by molar-refractivity contribution is 9.10. The molecule has 0 aliphatic carbocycles. The van der Waals surface area contributed by atoms with Crippen molar-refractivity contribution in [2.45, 2.75) is 6.10 Å². The molecule has 4 heteroatoms. The summed E-state index contributed by atoms with van der Waals surface area (Å²) in [7, 11) is 2.06. The number of hydrogen-bond donors (Lipinski definition) is 0. The fourth-order valence-electron chi connectivity index (χ4n) is 2.04. The second kappa shape index (κ2) is 8.69. The average Bonchev–Trinajstić information content (AvgIpc) is 2.53. The van der Waals surface area contributed by atoms with Crippen LogP contribution in [0.15, 0.2) is 59.1 Å². The quantitative estimate of drug-likeness (QED) is 0.476. The third-order valence-electron chi connectivity index (χ3n) is 3.24. The predicted octanol–water partition coefficient (Wildman–Crippen LogP) is 4.84. The summed E-state index contributed by atoms with van der Waals surface area (Å²) in [6.07, 6.45) is -0.0250. The summed E-state index contributed by atoms with van der Waals surface area (Å²) >= 11 is 6.92. The molecule has 0 spiro atoms. The van der Waals surface area contributed by atoms with Crippen LogP contribution in [0.1, 0.15) is 17.2 Å². The number of alkyl halides is 1. The number of likely N-dealkylation sites (N-methyl/N-ethyl adjacent to an activating group) is 1. The van der Waals surface area contributed by atoms with E-state index in [0.717, 1.165) is 16.5 Å². The van der Waals surface area contributed by atoms with Gasteiger partial charge in [0, 0.05) is 11.0 Å². The van der Waals surface area contributed by atoms with Gasteiger partial charge in [-0.15, -0.1) is 0 Å². The molecule has 0 heterocycles. The Morgan fingerprint density at radius 3 is 2.24 bits per heavy atom. The Hall–Kier alpha value is -0.680. The molecule has 0 saturated carbocycles. The lowest BCUT2D eigenvalue weighted by Gasteiger charge is -2.21. The van der Waals surface area contributed by atoms with E-state index < -0.39 is 0 Å². The van der Waals surface area contributed by atoms with Crippen LogP contribution >= 0.6 is 31.9 Å². The summed E-state index contributed by atoms with van der Waals surface area (Å²) in [6, 6.07) is 18.7. The number of rotatable bonds is 7. The molecule has 0 radical (unpaired) electrons. The van der Waals surface area contributed by atoms with Gasteiger partial charge < -0.3 is 4.74 Å². The van der Waals surface area contributed by atoms with Crippen molar-refractivity contribution in [3.8, 4) is 0 Å². The van der Waals surface area contributed by atoms with E-state index in [1.165, 1.54) is 11.1 Å². The summed E-state index contributed by atoms with van der Waals surface area (Å²) in [6.45, 7) is 1.59. The lowest BCUT2D eigenvalue weighted by Crippen LogP contribution is -2.22. The highest BCUT2D eigenvalue weighted by Gasteiger charge is 2.14. The lowest BCUT2D eigenvalue weighted by atomic mass is 10.0. The van der Waals surface area contributed by atoms with E-state index >= 15 is 0 Å². The van der Waals surface area contributed by atoms with Crippen molar-refractivity contribution in [3.05, 3.63) is 70.2 Å². The van der Waals surface area contributed by atoms with Crippen LogP contribution in [0.4, 0.5) is 0 Å². The van der Waals surface area contributed by atoms with Crippen molar-refractivity contribution < 1.29 is 4.74 Å². The van der Waals surface area contributed by atoms with Crippen molar-refractivity contribution in [1.29, 1.82) is 0 Å². The highest BCUT2D eigenvalue weighted by Crippen LogP contribution is 2.27. The Morgan fingerprint density at radius 2 is 1.62 bits per heavy atom. The minimum absolute atomic E-state index is 0.0250. The fraction of sp³-hybridized carbons (Fsp3) is 0.294. The number of hydrogen-bond acceptors (Lipinski definition) is 2. The van der Waals surface area contributed by atoms with Crippen LogP contribution in [0.25, 0.3) is 0 Å². The van der Waals surface area contributed by atoms with Gasteiger partial charge in [-0.25, -0.2) is 0 Å². The molecule has 2 aromatic rings. The maximum absolute atomic E-state index is 6.15. The van der Waals surface area contributed by atoms with Gasteiger partial charge in [-0.05, 0) is 30.3 Å². The molecule has 0 saturated heterocycles. The minimum Gasteiger partial charge on any atom is -0.367 e. The van der Waals surface area contributed by atoms with E-state index in [1.807, 2.05) is 6.07 Å². The molecular formula is C17H19Br2NO. The van der Waals surface area contributed by atoms with Crippen LogP contribution < -0.4 is 0 Å². The predicted molar refractivity (Wildman–Crippen MR) is 94.8 cm³/mol. The van der Waals surface area contributed by atoms with Crippen molar-refractivity contribution in [2.24, 2.45) is 0 Å². The Labute approximate surface area is 143 Å². The third kappa shape index (κ3) is 5.22. The first-order chi connectivity index (χ1) is 10.2. The number of benzene rings is 2. The average molecular weight is 413 g/mol. The second-order valence-electron chi connectivity index (χ2n) is 4.91. The summed E-state index contributed by atoms with van der Waals surface area (Å²) in [4.78, 5) is 2.17. The van der Waals surface area contributed by atoms with Crippen LogP contribution in [0.3, 0.4) is 0 Å². The zero-order chi connectivity index (χ0) is 15.1. The Morgan fingerprint density at radius 1 is 1.00 bits per heavy atom. The Balaban J connectivity index is 2.13. The fourth-order valence-corrected chi connectivity index (χ4v) is 2.55. The monoisotopic (exact) mass is 411 g/mol. The first kappa shape index (κ1) is 16.7. The van der Waals surface area contributed by atoms with E-state index in [2.05, 4.69) is 92.3 Å². The largest absolute Gasteiger partial charge is 0.367 e. The molecule has 1 atom stereocenters. The molecule has 0 bridgehead atoms. The number of halogens is 2. The van der Waals surface area contributed by atoms with E-state index in [9.17, 15) is 0 Å². The molecule has 0 amide bonds. The molecule has 2 rings (SSSR count). The van der Waals surface area contributed by atoms with Crippen LogP contribution in [-0.2, 0) is 4.74 Å². The summed E-state index contributed by atoms with van der Waals surface area (Å²) in [5.41, 5.74) is 3.21. The second-order valence-corrected chi connectivity index (χ2v) is 6.33. The molecule has 0 aromatic heterocycles. The van der Waals surface area contributed by atoms with Crippen LogP contribution in [0.2, 0.25) is 0 Å². The van der Waals surface area contributed by atoms with Crippen molar-refractivity contribution in [2.75, 3.05) is 25.7 Å². The van der Waals surface area contributed by atoms with Crippen molar-refractivity contribution in [1.82, 2.24) is 4.90 Å². The Bertz CT molecular complexity index is 530.